The Kier molecular flexibility index (Phi) is 4.80. The normalized spacial score (nSPS) is 17.6. The number of nitrogens with zero attached hydrogens (tertiary/aromatic N) is 2. The summed E-state index contributed by atoms with van der Waals surface area (Å²) in [6, 6.07) is 3.10. The van der Waals surface area contributed by atoms with Gasteiger partial charge in [-0.05, 0) is 25.1 Å². The molecule has 0 saturated carbocycles. The Hall–Kier alpha value is -1.66. The van der Waals surface area contributed by atoms with Crippen molar-refractivity contribution in [1.82, 2.24) is 9.80 Å². The van der Waals surface area contributed by atoms with Gasteiger partial charge in [-0.15, -0.1) is 0 Å². The van der Waals surface area contributed by atoms with E-state index in [1.54, 1.807) is 16.7 Å². The van der Waals surface area contributed by atoms with E-state index in [1.165, 1.54) is 12.1 Å². The molecule has 0 aromatic heterocycles. The molecule has 5 nitrogen and oxygen atoms in total. The minimum atomic E-state index is -0.878. The molecule has 1 aromatic rings. The largest absolute Gasteiger partial charge is 0.480 e. The van der Waals surface area contributed by atoms with E-state index in [9.17, 15) is 14.0 Å². The minimum absolute atomic E-state index is 0.0846. The number of carboxylic acid groups (broad SMARTS) is 1. The summed E-state index contributed by atoms with van der Waals surface area (Å²) in [5.41, 5.74) is 0.262. The van der Waals surface area contributed by atoms with Crippen LogP contribution in [0.3, 0.4) is 0 Å². The molecule has 1 saturated heterocycles. The summed E-state index contributed by atoms with van der Waals surface area (Å²) in [5, 5.41) is 9.06. The van der Waals surface area contributed by atoms with Crippen LogP contribution in [0.4, 0.5) is 4.39 Å². The number of hydrogen-bond donors (Lipinski definition) is 1. The van der Waals surface area contributed by atoms with Gasteiger partial charge in [0.25, 0.3) is 5.91 Å². The van der Waals surface area contributed by atoms with E-state index in [1.807, 2.05) is 0 Å². The predicted molar refractivity (Wildman–Crippen MR) is 76.0 cm³/mol. The molecule has 1 fully saturated rings. The maximum Gasteiger partial charge on any atom is 0.320 e. The number of piperazine rings is 1. The highest BCUT2D eigenvalue weighted by Crippen LogP contribution is 2.20. The molecule has 1 aliphatic rings. The highest BCUT2D eigenvalue weighted by atomic mass is 35.5. The molecule has 0 aliphatic carbocycles. The van der Waals surface area contributed by atoms with Gasteiger partial charge in [-0.3, -0.25) is 14.5 Å². The van der Waals surface area contributed by atoms with E-state index in [2.05, 4.69) is 0 Å². The molecule has 1 N–H and O–H groups in total. The number of aliphatic carboxylic acids is 1. The van der Waals surface area contributed by atoms with Crippen molar-refractivity contribution in [2.75, 3.05) is 26.2 Å². The fourth-order valence-corrected chi connectivity index (χ4v) is 2.55. The molecule has 7 heteroatoms. The van der Waals surface area contributed by atoms with Crippen molar-refractivity contribution in [3.63, 3.8) is 0 Å². The SMILES string of the molecule is C[C@@H](C(=O)O)N1CCN(C(=O)c2ccc(F)cc2Cl)CC1. The van der Waals surface area contributed by atoms with Gasteiger partial charge >= 0.3 is 5.97 Å². The summed E-state index contributed by atoms with van der Waals surface area (Å²) in [6.45, 7) is 3.43. The first-order valence-corrected chi connectivity index (χ1v) is 6.99. The molecule has 0 bridgehead atoms. The third kappa shape index (κ3) is 3.51. The smallest absolute Gasteiger partial charge is 0.320 e. The van der Waals surface area contributed by atoms with Gasteiger partial charge in [-0.1, -0.05) is 11.6 Å². The summed E-state index contributed by atoms with van der Waals surface area (Å²) in [5.74, 6) is -1.63. The van der Waals surface area contributed by atoms with Crippen molar-refractivity contribution >= 4 is 23.5 Å². The molecular formula is C14H16ClFN2O3. The maximum atomic E-state index is 13.0. The molecule has 1 atom stereocenters. The molecule has 0 unspecified atom stereocenters. The fourth-order valence-electron chi connectivity index (χ4n) is 2.30. The Labute approximate surface area is 126 Å². The number of benzene rings is 1. The van der Waals surface area contributed by atoms with Crippen LogP contribution in [0, 0.1) is 5.82 Å². The number of halogens is 2. The van der Waals surface area contributed by atoms with Gasteiger partial charge in [0, 0.05) is 26.2 Å². The molecule has 114 valence electrons. The summed E-state index contributed by atoms with van der Waals surface area (Å²) < 4.78 is 13.0. The zero-order valence-corrected chi connectivity index (χ0v) is 12.3. The van der Waals surface area contributed by atoms with Gasteiger partial charge in [0.2, 0.25) is 0 Å². The molecule has 21 heavy (non-hydrogen) atoms. The molecular weight excluding hydrogens is 299 g/mol. The van der Waals surface area contributed by atoms with Crippen LogP contribution >= 0.6 is 11.6 Å². The first-order chi connectivity index (χ1) is 9.90. The highest BCUT2D eigenvalue weighted by Gasteiger charge is 2.28. The van der Waals surface area contributed by atoms with E-state index >= 15 is 0 Å². The third-order valence-electron chi connectivity index (χ3n) is 3.67. The van der Waals surface area contributed by atoms with Crippen molar-refractivity contribution < 1.29 is 19.1 Å². The van der Waals surface area contributed by atoms with E-state index in [0.29, 0.717) is 26.2 Å². The van der Waals surface area contributed by atoms with Gasteiger partial charge in [0.15, 0.2) is 0 Å². The molecule has 0 radical (unpaired) electrons. The second-order valence-corrected chi connectivity index (χ2v) is 5.37. The summed E-state index contributed by atoms with van der Waals surface area (Å²) in [7, 11) is 0. The Morgan fingerprint density at radius 3 is 2.43 bits per heavy atom. The van der Waals surface area contributed by atoms with Gasteiger partial charge in [-0.25, -0.2) is 4.39 Å². The molecule has 2 rings (SSSR count). The number of carbonyl (C=O) groups excluding carboxylic acids is 1. The van der Waals surface area contributed by atoms with Crippen LogP contribution in [0.2, 0.25) is 5.02 Å². The molecule has 1 heterocycles. The van der Waals surface area contributed by atoms with Crippen molar-refractivity contribution in [3.8, 4) is 0 Å². The van der Waals surface area contributed by atoms with Crippen LogP contribution in [0.5, 0.6) is 0 Å². The minimum Gasteiger partial charge on any atom is -0.480 e. The molecule has 0 spiro atoms. The van der Waals surface area contributed by atoms with Crippen LogP contribution in [0.1, 0.15) is 17.3 Å². The number of rotatable bonds is 3. The van der Waals surface area contributed by atoms with Crippen LogP contribution < -0.4 is 0 Å². The number of amides is 1. The van der Waals surface area contributed by atoms with Gasteiger partial charge in [-0.2, -0.15) is 0 Å². The van der Waals surface area contributed by atoms with Gasteiger partial charge in [0.05, 0.1) is 10.6 Å². The average molecular weight is 315 g/mol. The Bertz CT molecular complexity index is 559. The van der Waals surface area contributed by atoms with Crippen molar-refractivity contribution in [2.24, 2.45) is 0 Å². The van der Waals surface area contributed by atoms with Crippen LogP contribution in [-0.4, -0.2) is 59.0 Å². The van der Waals surface area contributed by atoms with E-state index in [4.69, 9.17) is 16.7 Å². The maximum absolute atomic E-state index is 13.0. The molecule has 1 amide bonds. The van der Waals surface area contributed by atoms with Gasteiger partial charge in [0.1, 0.15) is 11.9 Å². The Balaban J connectivity index is 2.02. The van der Waals surface area contributed by atoms with Crippen molar-refractivity contribution in [2.45, 2.75) is 13.0 Å². The number of carbonyl (C=O) groups is 2. The Morgan fingerprint density at radius 2 is 1.90 bits per heavy atom. The zero-order chi connectivity index (χ0) is 15.6. The first kappa shape index (κ1) is 15.7. The molecule has 1 aromatic carbocycles. The van der Waals surface area contributed by atoms with E-state index < -0.39 is 17.8 Å². The summed E-state index contributed by atoms with van der Waals surface area (Å²) in [6.07, 6.45) is 0. The lowest BCUT2D eigenvalue weighted by Crippen LogP contribution is -2.53. The standard InChI is InChI=1S/C14H16ClFN2O3/c1-9(14(20)21)17-4-6-18(7-5-17)13(19)11-3-2-10(16)8-12(11)15/h2-3,8-9H,4-7H2,1H3,(H,20,21)/t9-/m0/s1. The summed E-state index contributed by atoms with van der Waals surface area (Å²) >= 11 is 5.89. The molecule has 1 aliphatic heterocycles. The zero-order valence-electron chi connectivity index (χ0n) is 11.6. The van der Waals surface area contributed by atoms with Gasteiger partial charge < -0.3 is 10.0 Å². The third-order valence-corrected chi connectivity index (χ3v) is 3.98. The van der Waals surface area contributed by atoms with Crippen LogP contribution in [-0.2, 0) is 4.79 Å². The van der Waals surface area contributed by atoms with E-state index in [0.717, 1.165) is 6.07 Å². The average Bonchev–Trinajstić information content (AvgIpc) is 2.46. The second kappa shape index (κ2) is 6.41. The van der Waals surface area contributed by atoms with Crippen LogP contribution in [0.25, 0.3) is 0 Å². The highest BCUT2D eigenvalue weighted by molar-refractivity contribution is 6.33. The topological polar surface area (TPSA) is 60.9 Å². The van der Waals surface area contributed by atoms with E-state index in [-0.39, 0.29) is 16.5 Å². The first-order valence-electron chi connectivity index (χ1n) is 6.61. The number of carboxylic acids is 1. The van der Waals surface area contributed by atoms with Crippen LogP contribution in [0.15, 0.2) is 18.2 Å². The summed E-state index contributed by atoms with van der Waals surface area (Å²) in [4.78, 5) is 26.7. The Morgan fingerprint density at radius 1 is 1.29 bits per heavy atom. The monoisotopic (exact) mass is 314 g/mol. The quantitative estimate of drug-likeness (QED) is 0.922. The second-order valence-electron chi connectivity index (χ2n) is 4.97. The van der Waals surface area contributed by atoms with Crippen molar-refractivity contribution in [3.05, 3.63) is 34.6 Å². The lowest BCUT2D eigenvalue weighted by Gasteiger charge is -2.36. The lowest BCUT2D eigenvalue weighted by atomic mass is 10.1. The predicted octanol–water partition coefficient (Wildman–Crippen LogP) is 1.71. The van der Waals surface area contributed by atoms with Crippen molar-refractivity contribution in [1.29, 1.82) is 0 Å². The lowest BCUT2D eigenvalue weighted by molar-refractivity contribution is -0.143. The number of hydrogen-bond acceptors (Lipinski definition) is 3. The fraction of sp³-hybridized carbons (Fsp3) is 0.429.